The molecule has 92 valence electrons. The van der Waals surface area contributed by atoms with Crippen LogP contribution >= 0.6 is 0 Å². The zero-order chi connectivity index (χ0) is 12.3. The molecule has 1 unspecified atom stereocenters. The van der Waals surface area contributed by atoms with Crippen molar-refractivity contribution in [2.24, 2.45) is 0 Å². The van der Waals surface area contributed by atoms with Crippen LogP contribution in [-0.2, 0) is 6.42 Å². The van der Waals surface area contributed by atoms with Crippen LogP contribution in [0.25, 0.3) is 0 Å². The van der Waals surface area contributed by atoms with E-state index in [1.54, 1.807) is 0 Å². The molecule has 4 N–H and O–H groups in total. The third-order valence-corrected chi connectivity index (χ3v) is 3.15. The van der Waals surface area contributed by atoms with Gasteiger partial charge in [0.1, 0.15) is 0 Å². The van der Waals surface area contributed by atoms with Crippen LogP contribution in [0.15, 0.2) is 18.2 Å². The summed E-state index contributed by atoms with van der Waals surface area (Å²) in [5.74, 6) is 0. The van der Waals surface area contributed by atoms with Gasteiger partial charge in [-0.05, 0) is 36.5 Å². The quantitative estimate of drug-likeness (QED) is 0.699. The van der Waals surface area contributed by atoms with Crippen LogP contribution in [0, 0.1) is 0 Å². The van der Waals surface area contributed by atoms with Crippen LogP contribution in [-0.4, -0.2) is 12.6 Å². The number of urea groups is 1. The van der Waals surface area contributed by atoms with E-state index in [4.69, 9.17) is 5.73 Å². The molecule has 0 spiro atoms. The van der Waals surface area contributed by atoms with Crippen molar-refractivity contribution in [2.75, 3.05) is 12.3 Å². The maximum absolute atomic E-state index is 11.6. The molecule has 2 rings (SSSR count). The lowest BCUT2D eigenvalue weighted by atomic mass is 10.1. The van der Waals surface area contributed by atoms with Gasteiger partial charge in [-0.1, -0.05) is 19.1 Å². The number of rotatable bonds is 3. The second kappa shape index (κ2) is 5.08. The molecule has 1 aromatic carbocycles. The third-order valence-electron chi connectivity index (χ3n) is 3.15. The van der Waals surface area contributed by atoms with Crippen LogP contribution in [0.4, 0.5) is 10.5 Å². The van der Waals surface area contributed by atoms with E-state index in [2.05, 4.69) is 10.6 Å². The number of nitrogens with one attached hydrogen (secondary N) is 2. The van der Waals surface area contributed by atoms with Crippen molar-refractivity contribution in [2.45, 2.75) is 32.2 Å². The summed E-state index contributed by atoms with van der Waals surface area (Å²) >= 11 is 0. The Kier molecular flexibility index (Phi) is 3.52. The predicted molar refractivity (Wildman–Crippen MR) is 68.7 cm³/mol. The molecule has 1 aliphatic rings. The Bertz CT molecular complexity index is 417. The van der Waals surface area contributed by atoms with Crippen molar-refractivity contribution in [3.8, 4) is 0 Å². The van der Waals surface area contributed by atoms with Gasteiger partial charge in [0, 0.05) is 12.2 Å². The van der Waals surface area contributed by atoms with Crippen molar-refractivity contribution in [3.63, 3.8) is 0 Å². The normalized spacial score (nSPS) is 17.6. The number of carbonyl (C=O) groups excluding carboxylic acids is 1. The monoisotopic (exact) mass is 233 g/mol. The first-order valence-electron chi connectivity index (χ1n) is 6.14. The van der Waals surface area contributed by atoms with E-state index in [-0.39, 0.29) is 12.1 Å². The van der Waals surface area contributed by atoms with Gasteiger partial charge in [-0.15, -0.1) is 0 Å². The zero-order valence-electron chi connectivity index (χ0n) is 10.1. The minimum absolute atomic E-state index is 0.0906. The highest BCUT2D eigenvalue weighted by Crippen LogP contribution is 2.34. The Labute approximate surface area is 102 Å². The van der Waals surface area contributed by atoms with Gasteiger partial charge >= 0.3 is 6.03 Å². The van der Waals surface area contributed by atoms with Crippen LogP contribution in [0.5, 0.6) is 0 Å². The van der Waals surface area contributed by atoms with Crippen LogP contribution in [0.3, 0.4) is 0 Å². The molecule has 1 atom stereocenters. The topological polar surface area (TPSA) is 67.2 Å². The van der Waals surface area contributed by atoms with E-state index >= 15 is 0 Å². The van der Waals surface area contributed by atoms with Gasteiger partial charge in [-0.2, -0.15) is 0 Å². The number of hydrogen-bond acceptors (Lipinski definition) is 2. The fourth-order valence-corrected chi connectivity index (χ4v) is 2.28. The summed E-state index contributed by atoms with van der Waals surface area (Å²) in [6.07, 6.45) is 2.82. The first-order valence-corrected chi connectivity index (χ1v) is 6.14. The molecule has 0 saturated heterocycles. The molecule has 1 aromatic rings. The molecule has 4 nitrogen and oxygen atoms in total. The summed E-state index contributed by atoms with van der Waals surface area (Å²) in [7, 11) is 0. The maximum Gasteiger partial charge on any atom is 0.315 e. The summed E-state index contributed by atoms with van der Waals surface area (Å²) in [5.41, 5.74) is 9.10. The summed E-state index contributed by atoms with van der Waals surface area (Å²) in [4.78, 5) is 11.6. The minimum atomic E-state index is -0.0906. The molecule has 1 aliphatic carbocycles. The highest BCUT2D eigenvalue weighted by Gasteiger charge is 2.24. The number of carbonyl (C=O) groups is 1. The number of anilines is 1. The summed E-state index contributed by atoms with van der Waals surface area (Å²) < 4.78 is 0. The number of nitrogens with two attached hydrogens (primary N) is 1. The Balaban J connectivity index is 2.02. The minimum Gasteiger partial charge on any atom is -0.398 e. The largest absolute Gasteiger partial charge is 0.398 e. The number of hydrogen-bond donors (Lipinski definition) is 3. The standard InChI is InChI=1S/C13H19N3O/c1-2-8-15-13(17)16-12-7-6-9-10(12)4-3-5-11(9)14/h3-5,12H,2,6-8,14H2,1H3,(H2,15,16,17). The van der Waals surface area contributed by atoms with Gasteiger partial charge in [0.05, 0.1) is 6.04 Å². The first kappa shape index (κ1) is 11.8. The Morgan fingerprint density at radius 2 is 2.35 bits per heavy atom. The molecule has 2 amide bonds. The van der Waals surface area contributed by atoms with Crippen molar-refractivity contribution in [1.29, 1.82) is 0 Å². The molecule has 4 heteroatoms. The SMILES string of the molecule is CCCNC(=O)NC1CCc2c(N)cccc21. The molecule has 0 fully saturated rings. The van der Waals surface area contributed by atoms with E-state index < -0.39 is 0 Å². The second-order valence-electron chi connectivity index (χ2n) is 4.41. The lowest BCUT2D eigenvalue weighted by Gasteiger charge is -2.14. The lowest BCUT2D eigenvalue weighted by molar-refractivity contribution is 0.237. The van der Waals surface area contributed by atoms with E-state index in [1.807, 2.05) is 25.1 Å². The van der Waals surface area contributed by atoms with Crippen molar-refractivity contribution < 1.29 is 4.79 Å². The number of benzene rings is 1. The average Bonchev–Trinajstić information content (AvgIpc) is 2.71. The molecule has 0 aliphatic heterocycles. The highest BCUT2D eigenvalue weighted by molar-refractivity contribution is 5.74. The van der Waals surface area contributed by atoms with Crippen molar-refractivity contribution in [3.05, 3.63) is 29.3 Å². The maximum atomic E-state index is 11.6. The van der Waals surface area contributed by atoms with Crippen LogP contribution in [0.2, 0.25) is 0 Å². The average molecular weight is 233 g/mol. The third kappa shape index (κ3) is 2.52. The lowest BCUT2D eigenvalue weighted by Crippen LogP contribution is -2.37. The molecule has 0 saturated carbocycles. The van der Waals surface area contributed by atoms with Gasteiger partial charge < -0.3 is 16.4 Å². The molecular weight excluding hydrogens is 214 g/mol. The molecule has 0 heterocycles. The molecule has 0 bridgehead atoms. The van der Waals surface area contributed by atoms with E-state index in [1.165, 1.54) is 5.56 Å². The fraction of sp³-hybridized carbons (Fsp3) is 0.462. The Morgan fingerprint density at radius 3 is 3.12 bits per heavy atom. The Hall–Kier alpha value is -1.71. The number of fused-ring (bicyclic) bond motifs is 1. The van der Waals surface area contributed by atoms with E-state index in [0.717, 1.165) is 30.5 Å². The molecular formula is C13H19N3O. The molecule has 0 aromatic heterocycles. The van der Waals surface area contributed by atoms with Crippen molar-refractivity contribution >= 4 is 11.7 Å². The summed E-state index contributed by atoms with van der Waals surface area (Å²) in [6, 6.07) is 5.91. The zero-order valence-corrected chi connectivity index (χ0v) is 10.1. The van der Waals surface area contributed by atoms with Gasteiger partial charge in [0.25, 0.3) is 0 Å². The molecule has 17 heavy (non-hydrogen) atoms. The molecule has 0 radical (unpaired) electrons. The predicted octanol–water partition coefficient (Wildman–Crippen LogP) is 1.97. The van der Waals surface area contributed by atoms with Gasteiger partial charge in [-0.3, -0.25) is 0 Å². The smallest absolute Gasteiger partial charge is 0.315 e. The fourth-order valence-electron chi connectivity index (χ4n) is 2.28. The van der Waals surface area contributed by atoms with Gasteiger partial charge in [0.2, 0.25) is 0 Å². The number of amides is 2. The summed E-state index contributed by atoms with van der Waals surface area (Å²) in [6.45, 7) is 2.74. The summed E-state index contributed by atoms with van der Waals surface area (Å²) in [5, 5.41) is 5.81. The Morgan fingerprint density at radius 1 is 1.53 bits per heavy atom. The first-order chi connectivity index (χ1) is 8.22. The highest BCUT2D eigenvalue weighted by atomic mass is 16.2. The number of nitrogen functional groups attached to an aromatic ring is 1. The van der Waals surface area contributed by atoms with Crippen LogP contribution in [0.1, 0.15) is 36.9 Å². The second-order valence-corrected chi connectivity index (χ2v) is 4.41. The van der Waals surface area contributed by atoms with E-state index in [0.29, 0.717) is 6.54 Å². The van der Waals surface area contributed by atoms with Crippen LogP contribution < -0.4 is 16.4 Å². The van der Waals surface area contributed by atoms with Crippen molar-refractivity contribution in [1.82, 2.24) is 10.6 Å². The van der Waals surface area contributed by atoms with E-state index in [9.17, 15) is 4.79 Å². The van der Waals surface area contributed by atoms with Gasteiger partial charge in [-0.25, -0.2) is 4.79 Å². The van der Waals surface area contributed by atoms with Gasteiger partial charge in [0.15, 0.2) is 0 Å².